The van der Waals surface area contributed by atoms with Gasteiger partial charge in [0.25, 0.3) is 0 Å². The van der Waals surface area contributed by atoms with E-state index < -0.39 is 5.97 Å². The van der Waals surface area contributed by atoms with Gasteiger partial charge in [0.1, 0.15) is 0 Å². The number of carboxylic acid groups (broad SMARTS) is 1. The monoisotopic (exact) mass is 196 g/mol. The Morgan fingerprint density at radius 2 is 1.79 bits per heavy atom. The Morgan fingerprint density at radius 3 is 2.50 bits per heavy atom. The second kappa shape index (κ2) is 2.72. The van der Waals surface area contributed by atoms with Crippen molar-refractivity contribution in [1.29, 1.82) is 0 Å². The molecule has 0 radical (unpaired) electrons. The van der Waals surface area contributed by atoms with E-state index in [0.29, 0.717) is 17.8 Å². The van der Waals surface area contributed by atoms with Gasteiger partial charge >= 0.3 is 5.97 Å². The third kappa shape index (κ3) is 0.991. The maximum Gasteiger partial charge on any atom is 0.307 e. The van der Waals surface area contributed by atoms with Crippen LogP contribution in [0.25, 0.3) is 0 Å². The lowest BCUT2D eigenvalue weighted by Crippen LogP contribution is -2.55. The van der Waals surface area contributed by atoms with Crippen LogP contribution in [-0.2, 0) is 4.79 Å². The maximum atomic E-state index is 11.1. The van der Waals surface area contributed by atoms with Gasteiger partial charge in [-0.15, -0.1) is 0 Å². The van der Waals surface area contributed by atoms with Gasteiger partial charge in [-0.2, -0.15) is 0 Å². The van der Waals surface area contributed by atoms with Crippen molar-refractivity contribution in [2.45, 2.75) is 31.8 Å². The number of hydrogen-bond donors (Lipinski definition) is 2. The van der Waals surface area contributed by atoms with Crippen LogP contribution in [0.5, 0.6) is 0 Å². The van der Waals surface area contributed by atoms with Gasteiger partial charge in [0.05, 0.1) is 12.0 Å². The number of aliphatic hydroxyl groups excluding tert-OH is 1. The molecule has 4 aliphatic rings. The van der Waals surface area contributed by atoms with E-state index >= 15 is 0 Å². The first-order chi connectivity index (χ1) is 6.66. The van der Waals surface area contributed by atoms with Crippen LogP contribution in [0.4, 0.5) is 0 Å². The zero-order chi connectivity index (χ0) is 9.87. The molecule has 4 fully saturated rings. The molecule has 4 aliphatic carbocycles. The summed E-state index contributed by atoms with van der Waals surface area (Å²) in [6, 6.07) is 0. The maximum absolute atomic E-state index is 11.1. The van der Waals surface area contributed by atoms with Gasteiger partial charge in [0, 0.05) is 0 Å². The second-order valence-corrected chi connectivity index (χ2v) is 5.35. The summed E-state index contributed by atoms with van der Waals surface area (Å²) in [6.45, 7) is 0. The van der Waals surface area contributed by atoms with Crippen molar-refractivity contribution in [2.24, 2.45) is 29.6 Å². The van der Waals surface area contributed by atoms with Crippen LogP contribution < -0.4 is 0 Å². The number of rotatable bonds is 1. The summed E-state index contributed by atoms with van der Waals surface area (Å²) in [5, 5.41) is 19.1. The molecule has 0 aromatic carbocycles. The van der Waals surface area contributed by atoms with E-state index in [1.165, 1.54) is 0 Å². The number of carbonyl (C=O) groups is 1. The molecule has 0 heterocycles. The summed E-state index contributed by atoms with van der Waals surface area (Å²) in [4.78, 5) is 11.1. The van der Waals surface area contributed by atoms with Crippen LogP contribution in [0.1, 0.15) is 25.7 Å². The Kier molecular flexibility index (Phi) is 1.69. The van der Waals surface area contributed by atoms with Gasteiger partial charge in [-0.3, -0.25) is 4.79 Å². The Hall–Kier alpha value is -0.570. The van der Waals surface area contributed by atoms with E-state index in [4.69, 9.17) is 5.11 Å². The highest BCUT2D eigenvalue weighted by Crippen LogP contribution is 2.56. The fourth-order valence-corrected chi connectivity index (χ4v) is 4.27. The van der Waals surface area contributed by atoms with Crippen LogP contribution >= 0.6 is 0 Å². The molecule has 6 atom stereocenters. The standard InChI is InChI=1S/C11H16O3/c12-10-7-2-5-1-6(4-7)9(11(13)14)8(10)3-5/h5-10,12H,1-4H2,(H,13,14)/t5-,6+,7-,8+,9+,10-/m0/s1. The normalized spacial score (nSPS) is 54.9. The average Bonchev–Trinajstić information content (AvgIpc) is 2.12. The number of hydrogen-bond acceptors (Lipinski definition) is 2. The summed E-state index contributed by atoms with van der Waals surface area (Å²) in [6.07, 6.45) is 3.80. The van der Waals surface area contributed by atoms with Crippen molar-refractivity contribution in [3.63, 3.8) is 0 Å². The van der Waals surface area contributed by atoms with E-state index in [-0.39, 0.29) is 17.9 Å². The quantitative estimate of drug-likeness (QED) is 0.660. The van der Waals surface area contributed by atoms with Gasteiger partial charge in [0.15, 0.2) is 0 Å². The molecule has 0 aromatic heterocycles. The summed E-state index contributed by atoms with van der Waals surface area (Å²) in [5.74, 6) is 0.605. The van der Waals surface area contributed by atoms with E-state index in [2.05, 4.69) is 0 Å². The first-order valence-electron chi connectivity index (χ1n) is 5.57. The molecule has 0 unspecified atom stereocenters. The molecule has 0 aromatic rings. The van der Waals surface area contributed by atoms with Crippen LogP contribution in [0.15, 0.2) is 0 Å². The molecule has 4 rings (SSSR count). The number of aliphatic carboxylic acids is 1. The molecule has 0 amide bonds. The minimum atomic E-state index is -0.683. The van der Waals surface area contributed by atoms with Crippen molar-refractivity contribution in [2.75, 3.05) is 0 Å². The highest BCUT2D eigenvalue weighted by Gasteiger charge is 2.55. The van der Waals surface area contributed by atoms with Crippen LogP contribution in [0.3, 0.4) is 0 Å². The van der Waals surface area contributed by atoms with E-state index in [0.717, 1.165) is 25.7 Å². The molecule has 0 aliphatic heterocycles. The third-order valence-corrected chi connectivity index (χ3v) is 4.66. The number of carboxylic acids is 1. The molecular formula is C11H16O3. The van der Waals surface area contributed by atoms with Crippen molar-refractivity contribution in [1.82, 2.24) is 0 Å². The largest absolute Gasteiger partial charge is 0.481 e. The molecule has 14 heavy (non-hydrogen) atoms. The molecule has 4 saturated carbocycles. The van der Waals surface area contributed by atoms with Gasteiger partial charge in [0.2, 0.25) is 0 Å². The predicted molar refractivity (Wildman–Crippen MR) is 49.6 cm³/mol. The second-order valence-electron chi connectivity index (χ2n) is 5.35. The van der Waals surface area contributed by atoms with Crippen LogP contribution in [0.2, 0.25) is 0 Å². The minimum absolute atomic E-state index is 0.0590. The van der Waals surface area contributed by atoms with Gasteiger partial charge in [-0.1, -0.05) is 0 Å². The van der Waals surface area contributed by atoms with Crippen molar-refractivity contribution < 1.29 is 15.0 Å². The summed E-state index contributed by atoms with van der Waals surface area (Å²) < 4.78 is 0. The molecule has 3 heteroatoms. The molecule has 78 valence electrons. The molecular weight excluding hydrogens is 180 g/mol. The van der Waals surface area contributed by atoms with Crippen molar-refractivity contribution in [3.05, 3.63) is 0 Å². The zero-order valence-corrected chi connectivity index (χ0v) is 8.10. The highest BCUT2D eigenvalue weighted by atomic mass is 16.4. The SMILES string of the molecule is O=C(O)[C@@H]1[C@@H]2C[C@H]3C[C@@H](C2)[C@H](O)[C@@H]1C3. The predicted octanol–water partition coefficient (Wildman–Crippen LogP) is 1.11. The Balaban J connectivity index is 1.93. The Morgan fingerprint density at radius 1 is 1.07 bits per heavy atom. The topological polar surface area (TPSA) is 57.5 Å². The fraction of sp³-hybridized carbons (Fsp3) is 0.909. The summed E-state index contributed by atoms with van der Waals surface area (Å²) >= 11 is 0. The Bertz CT molecular complexity index is 276. The third-order valence-electron chi connectivity index (χ3n) is 4.66. The highest BCUT2D eigenvalue weighted by molar-refractivity contribution is 5.71. The van der Waals surface area contributed by atoms with Crippen molar-refractivity contribution in [3.8, 4) is 0 Å². The number of aliphatic hydroxyl groups is 1. The first-order valence-corrected chi connectivity index (χ1v) is 5.57. The van der Waals surface area contributed by atoms with E-state index in [1.807, 2.05) is 0 Å². The first kappa shape index (κ1) is 8.72. The van der Waals surface area contributed by atoms with Gasteiger partial charge < -0.3 is 10.2 Å². The van der Waals surface area contributed by atoms with Crippen molar-refractivity contribution >= 4 is 5.97 Å². The fourth-order valence-electron chi connectivity index (χ4n) is 4.27. The van der Waals surface area contributed by atoms with Gasteiger partial charge in [-0.25, -0.2) is 0 Å². The lowest BCUT2D eigenvalue weighted by molar-refractivity contribution is -0.171. The minimum Gasteiger partial charge on any atom is -0.481 e. The molecule has 0 saturated heterocycles. The average molecular weight is 196 g/mol. The summed E-state index contributed by atoms with van der Waals surface area (Å²) in [5.41, 5.74) is 0. The molecule has 3 nitrogen and oxygen atoms in total. The molecule has 2 N–H and O–H groups in total. The van der Waals surface area contributed by atoms with E-state index in [9.17, 15) is 9.90 Å². The lowest BCUT2D eigenvalue weighted by atomic mass is 9.50. The molecule has 0 spiro atoms. The lowest BCUT2D eigenvalue weighted by Gasteiger charge is -2.55. The van der Waals surface area contributed by atoms with E-state index in [1.54, 1.807) is 0 Å². The van der Waals surface area contributed by atoms with Crippen LogP contribution in [0, 0.1) is 29.6 Å². The summed E-state index contributed by atoms with van der Waals surface area (Å²) in [7, 11) is 0. The molecule has 4 bridgehead atoms. The Labute approximate surface area is 83.1 Å². The smallest absolute Gasteiger partial charge is 0.307 e. The zero-order valence-electron chi connectivity index (χ0n) is 8.10. The van der Waals surface area contributed by atoms with Crippen LogP contribution in [-0.4, -0.2) is 22.3 Å². The van der Waals surface area contributed by atoms with Gasteiger partial charge in [-0.05, 0) is 49.4 Å².